The van der Waals surface area contributed by atoms with Gasteiger partial charge in [0.2, 0.25) is 0 Å². The zero-order valence-corrected chi connectivity index (χ0v) is 21.8. The normalized spacial score (nSPS) is 15.4. The second kappa shape index (κ2) is 12.8. The fourth-order valence-corrected chi connectivity index (χ4v) is 4.53. The average molecular weight is 512 g/mol. The number of aliphatic hydroxyl groups excluding tert-OH is 1. The maximum Gasteiger partial charge on any atom is 0.290 e. The predicted octanol–water partition coefficient (Wildman–Crippen LogP) is 6.44. The first-order valence-corrected chi connectivity index (χ1v) is 12.9. The maximum absolute atomic E-state index is 13.4. The van der Waals surface area contributed by atoms with E-state index in [0.29, 0.717) is 23.7 Å². The van der Waals surface area contributed by atoms with Crippen molar-refractivity contribution in [3.63, 3.8) is 0 Å². The summed E-state index contributed by atoms with van der Waals surface area (Å²) in [5, 5.41) is 10.9. The van der Waals surface area contributed by atoms with E-state index in [4.69, 9.17) is 9.47 Å². The van der Waals surface area contributed by atoms with Crippen molar-refractivity contribution in [2.24, 2.45) is 0 Å². The lowest BCUT2D eigenvalue weighted by Gasteiger charge is -2.27. The van der Waals surface area contributed by atoms with Gasteiger partial charge in [-0.15, -0.1) is 0 Å². The molecule has 6 nitrogen and oxygen atoms in total. The van der Waals surface area contributed by atoms with E-state index in [1.807, 2.05) is 66.7 Å². The van der Waals surface area contributed by atoms with Crippen LogP contribution in [0.1, 0.15) is 48.9 Å². The summed E-state index contributed by atoms with van der Waals surface area (Å²) in [6.07, 6.45) is 6.18. The quantitative estimate of drug-likeness (QED) is 0.224. The molecule has 0 saturated heterocycles. The highest BCUT2D eigenvalue weighted by Gasteiger charge is 2.43. The largest absolute Gasteiger partial charge is 0.503 e. The van der Waals surface area contributed by atoms with Gasteiger partial charge in [0, 0.05) is 6.54 Å². The molecule has 196 valence electrons. The first-order valence-electron chi connectivity index (χ1n) is 12.9. The third-order valence-corrected chi connectivity index (χ3v) is 6.50. The lowest BCUT2D eigenvalue weighted by molar-refractivity contribution is -0.130. The highest BCUT2D eigenvalue weighted by atomic mass is 16.5. The Kier molecular flexibility index (Phi) is 8.98. The number of rotatable bonds is 12. The second-order valence-electron chi connectivity index (χ2n) is 9.16. The number of unbranched alkanes of at least 4 members (excludes halogenated alkanes) is 2. The van der Waals surface area contributed by atoms with E-state index in [2.05, 4.69) is 6.92 Å². The van der Waals surface area contributed by atoms with Crippen LogP contribution in [-0.4, -0.2) is 35.4 Å². The molecule has 6 heteroatoms. The van der Waals surface area contributed by atoms with Gasteiger partial charge in [0.1, 0.15) is 0 Å². The van der Waals surface area contributed by atoms with Crippen LogP contribution in [0.3, 0.4) is 0 Å². The Labute approximate surface area is 223 Å². The Bertz CT molecular complexity index is 1310. The smallest absolute Gasteiger partial charge is 0.290 e. The van der Waals surface area contributed by atoms with Crippen molar-refractivity contribution in [2.45, 2.75) is 38.8 Å². The number of ketones is 1. The summed E-state index contributed by atoms with van der Waals surface area (Å²) in [7, 11) is 1.56. The summed E-state index contributed by atoms with van der Waals surface area (Å²) >= 11 is 0. The Morgan fingerprint density at radius 3 is 2.37 bits per heavy atom. The van der Waals surface area contributed by atoms with E-state index in [-0.39, 0.29) is 12.1 Å². The molecule has 0 spiro atoms. The Morgan fingerprint density at radius 2 is 1.68 bits per heavy atom. The van der Waals surface area contributed by atoms with Crippen molar-refractivity contribution >= 4 is 17.8 Å². The molecule has 0 fully saturated rings. The van der Waals surface area contributed by atoms with Crippen LogP contribution in [0.5, 0.6) is 11.5 Å². The predicted molar refractivity (Wildman–Crippen MR) is 148 cm³/mol. The van der Waals surface area contributed by atoms with Crippen LogP contribution in [0.2, 0.25) is 0 Å². The molecular weight excluding hydrogens is 478 g/mol. The molecule has 1 heterocycles. The van der Waals surface area contributed by atoms with Gasteiger partial charge < -0.3 is 19.5 Å². The number of hydrogen-bond donors (Lipinski definition) is 1. The van der Waals surface area contributed by atoms with E-state index in [1.54, 1.807) is 25.3 Å². The van der Waals surface area contributed by atoms with Crippen molar-refractivity contribution in [1.82, 2.24) is 4.90 Å². The van der Waals surface area contributed by atoms with E-state index in [9.17, 15) is 14.7 Å². The van der Waals surface area contributed by atoms with Crippen LogP contribution < -0.4 is 9.47 Å². The van der Waals surface area contributed by atoms with Crippen LogP contribution in [0.15, 0.2) is 96.3 Å². The average Bonchev–Trinajstić information content (AvgIpc) is 3.20. The minimum atomic E-state index is -0.793. The zero-order chi connectivity index (χ0) is 26.9. The monoisotopic (exact) mass is 511 g/mol. The maximum atomic E-state index is 13.4. The summed E-state index contributed by atoms with van der Waals surface area (Å²) < 4.78 is 11.5. The molecule has 3 aromatic rings. The van der Waals surface area contributed by atoms with Gasteiger partial charge in [-0.05, 0) is 41.3 Å². The van der Waals surface area contributed by atoms with Crippen LogP contribution in [0, 0.1) is 0 Å². The van der Waals surface area contributed by atoms with Gasteiger partial charge in [0.15, 0.2) is 23.0 Å². The van der Waals surface area contributed by atoms with Gasteiger partial charge in [-0.25, -0.2) is 0 Å². The molecule has 1 unspecified atom stereocenters. The molecule has 1 amide bonds. The number of methoxy groups -OCH3 is 1. The van der Waals surface area contributed by atoms with Crippen LogP contribution in [0.25, 0.3) is 6.08 Å². The first kappa shape index (κ1) is 26.7. The third kappa shape index (κ3) is 6.14. The van der Waals surface area contributed by atoms with E-state index in [0.717, 1.165) is 30.4 Å². The molecule has 0 aromatic heterocycles. The van der Waals surface area contributed by atoms with Gasteiger partial charge >= 0.3 is 0 Å². The lowest BCUT2D eigenvalue weighted by Crippen LogP contribution is -2.30. The van der Waals surface area contributed by atoms with Gasteiger partial charge in [-0.1, -0.05) is 92.6 Å². The van der Waals surface area contributed by atoms with Crippen molar-refractivity contribution in [3.05, 3.63) is 113 Å². The highest BCUT2D eigenvalue weighted by Crippen LogP contribution is 2.41. The zero-order valence-electron chi connectivity index (χ0n) is 21.8. The number of carbonyl (C=O) groups is 2. The Morgan fingerprint density at radius 1 is 0.974 bits per heavy atom. The SMILES string of the molecule is CCCCCOc1ccc(C2C(C(=O)/C=C/c3ccccc3)=C(O)C(=O)N2Cc2ccccc2)cc1OC. The van der Waals surface area contributed by atoms with Crippen molar-refractivity contribution in [3.8, 4) is 11.5 Å². The number of hydrogen-bond acceptors (Lipinski definition) is 5. The van der Waals surface area contributed by atoms with E-state index in [1.165, 1.54) is 11.0 Å². The first-order chi connectivity index (χ1) is 18.5. The number of benzene rings is 3. The summed E-state index contributed by atoms with van der Waals surface area (Å²) in [6, 6.07) is 23.5. The number of nitrogens with zero attached hydrogens (tertiary/aromatic N) is 1. The van der Waals surface area contributed by atoms with Crippen molar-refractivity contribution < 1.29 is 24.2 Å². The minimum Gasteiger partial charge on any atom is -0.503 e. The third-order valence-electron chi connectivity index (χ3n) is 6.50. The lowest BCUT2D eigenvalue weighted by atomic mass is 9.95. The fourth-order valence-electron chi connectivity index (χ4n) is 4.53. The van der Waals surface area contributed by atoms with Crippen molar-refractivity contribution in [2.75, 3.05) is 13.7 Å². The molecule has 1 aliphatic heterocycles. The van der Waals surface area contributed by atoms with E-state index < -0.39 is 23.5 Å². The molecule has 4 rings (SSSR count). The summed E-state index contributed by atoms with van der Waals surface area (Å²) in [5.41, 5.74) is 2.41. The fraction of sp³-hybridized carbons (Fsp3) is 0.250. The summed E-state index contributed by atoms with van der Waals surface area (Å²) in [6.45, 7) is 2.93. The molecule has 0 aliphatic carbocycles. The van der Waals surface area contributed by atoms with Gasteiger partial charge in [-0.2, -0.15) is 0 Å². The topological polar surface area (TPSA) is 76.1 Å². The Balaban J connectivity index is 1.70. The standard InChI is InChI=1S/C32H33NO5/c1-3-4-11-20-38-27-19-17-25(21-28(27)37-2)30-29(26(34)18-16-23-12-7-5-8-13-23)31(35)32(36)33(30)22-24-14-9-6-10-15-24/h5-10,12-19,21,30,35H,3-4,11,20,22H2,1-2H3/b18-16+. The molecular formula is C32H33NO5. The minimum absolute atomic E-state index is 0.0387. The molecule has 1 N–H and O–H groups in total. The van der Waals surface area contributed by atoms with Gasteiger partial charge in [0.05, 0.1) is 25.3 Å². The van der Waals surface area contributed by atoms with Crippen LogP contribution >= 0.6 is 0 Å². The number of amides is 1. The van der Waals surface area contributed by atoms with Gasteiger partial charge in [-0.3, -0.25) is 9.59 Å². The molecule has 0 saturated carbocycles. The van der Waals surface area contributed by atoms with Gasteiger partial charge in [0.25, 0.3) is 5.91 Å². The Hall–Kier alpha value is -4.32. The molecule has 3 aromatic carbocycles. The van der Waals surface area contributed by atoms with E-state index >= 15 is 0 Å². The molecule has 1 atom stereocenters. The van der Waals surface area contributed by atoms with Crippen LogP contribution in [0.4, 0.5) is 0 Å². The van der Waals surface area contributed by atoms with Crippen molar-refractivity contribution in [1.29, 1.82) is 0 Å². The molecule has 0 bridgehead atoms. The molecule has 0 radical (unpaired) electrons. The summed E-state index contributed by atoms with van der Waals surface area (Å²) in [4.78, 5) is 28.3. The van der Waals surface area contributed by atoms with Crippen LogP contribution in [-0.2, 0) is 16.1 Å². The number of aliphatic hydroxyl groups is 1. The number of allylic oxidation sites excluding steroid dienone is 1. The highest BCUT2D eigenvalue weighted by molar-refractivity contribution is 6.14. The summed E-state index contributed by atoms with van der Waals surface area (Å²) in [5.74, 6) is -0.457. The number of carbonyl (C=O) groups excluding carboxylic acids is 2. The number of ether oxygens (including phenoxy) is 2. The second-order valence-corrected chi connectivity index (χ2v) is 9.16. The molecule has 38 heavy (non-hydrogen) atoms. The molecule has 1 aliphatic rings.